The second-order valence-electron chi connectivity index (χ2n) is 4.02. The van der Waals surface area contributed by atoms with Crippen molar-refractivity contribution < 1.29 is 9.84 Å². The number of benzene rings is 2. The van der Waals surface area contributed by atoms with Crippen LogP contribution in [0, 0.1) is 6.92 Å². The summed E-state index contributed by atoms with van der Waals surface area (Å²) in [6.07, 6.45) is 1.66. The van der Waals surface area contributed by atoms with Crippen LogP contribution in [-0.4, -0.2) is 18.4 Å². The number of aryl methyl sites for hydroxylation is 1. The molecule has 2 aromatic carbocycles. The molecule has 0 fully saturated rings. The Kier molecular flexibility index (Phi) is 3.63. The van der Waals surface area contributed by atoms with Crippen molar-refractivity contribution >= 4 is 11.9 Å². The van der Waals surface area contributed by atoms with Gasteiger partial charge in [0, 0.05) is 11.8 Å². The van der Waals surface area contributed by atoms with E-state index >= 15 is 0 Å². The van der Waals surface area contributed by atoms with E-state index in [2.05, 4.69) is 4.99 Å². The second-order valence-corrected chi connectivity index (χ2v) is 4.02. The number of phenols is 1. The lowest BCUT2D eigenvalue weighted by Gasteiger charge is -2.01. The Morgan fingerprint density at radius 2 is 1.83 bits per heavy atom. The summed E-state index contributed by atoms with van der Waals surface area (Å²) in [4.78, 5) is 4.31. The van der Waals surface area contributed by atoms with Gasteiger partial charge in [-0.05, 0) is 43.3 Å². The van der Waals surface area contributed by atoms with Crippen LogP contribution in [0.1, 0.15) is 11.1 Å². The fourth-order valence-electron chi connectivity index (χ4n) is 1.59. The zero-order valence-electron chi connectivity index (χ0n) is 10.4. The van der Waals surface area contributed by atoms with E-state index in [1.165, 1.54) is 0 Å². The average Bonchev–Trinajstić information content (AvgIpc) is 2.40. The highest BCUT2D eigenvalue weighted by Crippen LogP contribution is 2.20. The normalized spacial score (nSPS) is 10.8. The fourth-order valence-corrected chi connectivity index (χ4v) is 1.59. The van der Waals surface area contributed by atoms with Crippen LogP contribution in [0.3, 0.4) is 0 Å². The summed E-state index contributed by atoms with van der Waals surface area (Å²) in [6, 6.07) is 12.9. The van der Waals surface area contributed by atoms with E-state index in [0.717, 1.165) is 17.0 Å². The van der Waals surface area contributed by atoms with Crippen molar-refractivity contribution in [2.24, 2.45) is 4.99 Å². The molecule has 1 N–H and O–H groups in total. The highest BCUT2D eigenvalue weighted by Gasteiger charge is 1.98. The average molecular weight is 241 g/mol. The number of phenolic OH excluding ortho intramolecular Hbond substituents is 1. The van der Waals surface area contributed by atoms with Crippen molar-refractivity contribution in [2.75, 3.05) is 7.11 Å². The number of aromatic hydroxyl groups is 1. The summed E-state index contributed by atoms with van der Waals surface area (Å²) in [5.41, 5.74) is 2.62. The zero-order valence-corrected chi connectivity index (χ0v) is 10.4. The van der Waals surface area contributed by atoms with E-state index in [-0.39, 0.29) is 5.75 Å². The van der Waals surface area contributed by atoms with Crippen molar-refractivity contribution in [3.05, 3.63) is 53.6 Å². The van der Waals surface area contributed by atoms with E-state index < -0.39 is 0 Å². The molecular weight excluding hydrogens is 226 g/mol. The van der Waals surface area contributed by atoms with Crippen molar-refractivity contribution in [1.29, 1.82) is 0 Å². The van der Waals surface area contributed by atoms with Gasteiger partial charge in [0.1, 0.15) is 11.5 Å². The SMILES string of the molecule is COc1ccc(N=Cc2cc(C)ccc2O)cc1. The van der Waals surface area contributed by atoms with Crippen LogP contribution < -0.4 is 4.74 Å². The minimum absolute atomic E-state index is 0.234. The highest BCUT2D eigenvalue weighted by molar-refractivity contribution is 5.85. The summed E-state index contributed by atoms with van der Waals surface area (Å²) >= 11 is 0. The van der Waals surface area contributed by atoms with Gasteiger partial charge in [0.2, 0.25) is 0 Å². The molecule has 18 heavy (non-hydrogen) atoms. The number of hydrogen-bond acceptors (Lipinski definition) is 3. The molecule has 0 spiro atoms. The molecule has 0 aliphatic rings. The maximum atomic E-state index is 9.68. The number of nitrogens with zero attached hydrogens (tertiary/aromatic N) is 1. The number of hydrogen-bond donors (Lipinski definition) is 1. The van der Waals surface area contributed by atoms with Gasteiger partial charge >= 0.3 is 0 Å². The first-order valence-electron chi connectivity index (χ1n) is 5.67. The molecule has 0 saturated carbocycles. The van der Waals surface area contributed by atoms with Crippen LogP contribution in [0.15, 0.2) is 47.5 Å². The number of ether oxygens (including phenoxy) is 1. The predicted octanol–water partition coefficient (Wildman–Crippen LogP) is 3.46. The van der Waals surface area contributed by atoms with Crippen LogP contribution in [0.2, 0.25) is 0 Å². The quantitative estimate of drug-likeness (QED) is 0.836. The van der Waals surface area contributed by atoms with E-state index in [9.17, 15) is 5.11 Å². The van der Waals surface area contributed by atoms with Gasteiger partial charge in [-0.3, -0.25) is 4.99 Å². The standard InChI is InChI=1S/C15H15NO2/c1-11-3-8-15(17)12(9-11)10-16-13-4-6-14(18-2)7-5-13/h3-10,17H,1-2H3. The number of aliphatic imine (C=N–C) groups is 1. The molecule has 3 heteroatoms. The lowest BCUT2D eigenvalue weighted by molar-refractivity contribution is 0.415. The van der Waals surface area contributed by atoms with E-state index in [4.69, 9.17) is 4.74 Å². The number of rotatable bonds is 3. The third-order valence-corrected chi connectivity index (χ3v) is 2.61. The first-order chi connectivity index (χ1) is 8.69. The lowest BCUT2D eigenvalue weighted by Crippen LogP contribution is -1.84. The predicted molar refractivity (Wildman–Crippen MR) is 73.1 cm³/mol. The van der Waals surface area contributed by atoms with Gasteiger partial charge < -0.3 is 9.84 Å². The molecule has 2 rings (SSSR count). The highest BCUT2D eigenvalue weighted by atomic mass is 16.5. The summed E-state index contributed by atoms with van der Waals surface area (Å²) < 4.78 is 5.07. The summed E-state index contributed by atoms with van der Waals surface area (Å²) in [7, 11) is 1.63. The second kappa shape index (κ2) is 5.36. The van der Waals surface area contributed by atoms with Gasteiger partial charge in [-0.1, -0.05) is 11.6 Å². The third-order valence-electron chi connectivity index (χ3n) is 2.61. The smallest absolute Gasteiger partial charge is 0.124 e. The first kappa shape index (κ1) is 12.2. The zero-order chi connectivity index (χ0) is 13.0. The molecule has 92 valence electrons. The number of methoxy groups -OCH3 is 1. The van der Waals surface area contributed by atoms with E-state index in [0.29, 0.717) is 5.56 Å². The fraction of sp³-hybridized carbons (Fsp3) is 0.133. The first-order valence-corrected chi connectivity index (χ1v) is 5.67. The van der Waals surface area contributed by atoms with Crippen LogP contribution in [-0.2, 0) is 0 Å². The monoisotopic (exact) mass is 241 g/mol. The molecular formula is C15H15NO2. The topological polar surface area (TPSA) is 41.8 Å². The summed E-state index contributed by atoms with van der Waals surface area (Å²) in [5.74, 6) is 1.03. The van der Waals surface area contributed by atoms with Crippen LogP contribution in [0.25, 0.3) is 0 Å². The minimum Gasteiger partial charge on any atom is -0.507 e. The molecule has 0 heterocycles. The van der Waals surface area contributed by atoms with Gasteiger partial charge in [-0.15, -0.1) is 0 Å². The maximum Gasteiger partial charge on any atom is 0.124 e. The molecule has 0 radical (unpaired) electrons. The molecule has 0 aliphatic carbocycles. The minimum atomic E-state index is 0.234. The molecule has 0 aliphatic heterocycles. The van der Waals surface area contributed by atoms with Gasteiger partial charge in [0.15, 0.2) is 0 Å². The Morgan fingerprint density at radius 3 is 2.50 bits per heavy atom. The molecule has 3 nitrogen and oxygen atoms in total. The van der Waals surface area contributed by atoms with Crippen molar-refractivity contribution in [3.63, 3.8) is 0 Å². The molecule has 0 amide bonds. The van der Waals surface area contributed by atoms with Gasteiger partial charge in [0.25, 0.3) is 0 Å². The van der Waals surface area contributed by atoms with Gasteiger partial charge in [0.05, 0.1) is 12.8 Å². The Morgan fingerprint density at radius 1 is 1.11 bits per heavy atom. The van der Waals surface area contributed by atoms with Crippen molar-refractivity contribution in [1.82, 2.24) is 0 Å². The third kappa shape index (κ3) is 2.88. The Labute approximate surface area is 106 Å². The lowest BCUT2D eigenvalue weighted by atomic mass is 10.1. The Hall–Kier alpha value is -2.29. The summed E-state index contributed by atoms with van der Waals surface area (Å²) in [5, 5.41) is 9.68. The van der Waals surface area contributed by atoms with E-state index in [1.54, 1.807) is 19.4 Å². The molecule has 0 bridgehead atoms. The molecule has 0 atom stereocenters. The van der Waals surface area contributed by atoms with Gasteiger partial charge in [-0.2, -0.15) is 0 Å². The van der Waals surface area contributed by atoms with Crippen LogP contribution in [0.5, 0.6) is 11.5 Å². The van der Waals surface area contributed by atoms with E-state index in [1.807, 2.05) is 43.3 Å². The molecule has 0 saturated heterocycles. The Balaban J connectivity index is 2.21. The Bertz CT molecular complexity index is 559. The molecule has 0 aromatic heterocycles. The van der Waals surface area contributed by atoms with Crippen LogP contribution >= 0.6 is 0 Å². The van der Waals surface area contributed by atoms with Crippen molar-refractivity contribution in [2.45, 2.75) is 6.92 Å². The van der Waals surface area contributed by atoms with Crippen LogP contribution in [0.4, 0.5) is 5.69 Å². The maximum absolute atomic E-state index is 9.68. The molecule has 2 aromatic rings. The van der Waals surface area contributed by atoms with Crippen molar-refractivity contribution in [3.8, 4) is 11.5 Å². The molecule has 0 unspecified atom stereocenters. The summed E-state index contributed by atoms with van der Waals surface area (Å²) in [6.45, 7) is 1.98. The van der Waals surface area contributed by atoms with Gasteiger partial charge in [-0.25, -0.2) is 0 Å². The largest absolute Gasteiger partial charge is 0.507 e.